The van der Waals surface area contributed by atoms with Gasteiger partial charge in [-0.05, 0) is 37.5 Å². The van der Waals surface area contributed by atoms with E-state index in [0.29, 0.717) is 60.5 Å². The van der Waals surface area contributed by atoms with Gasteiger partial charge in [-0.1, -0.05) is 13.3 Å². The average Bonchev–Trinajstić information content (AvgIpc) is 3.57. The highest BCUT2D eigenvalue weighted by molar-refractivity contribution is 5.96. The van der Waals surface area contributed by atoms with E-state index < -0.39 is 30.1 Å². The van der Waals surface area contributed by atoms with E-state index in [4.69, 9.17) is 14.2 Å². The molecule has 2 aliphatic heterocycles. The number of amides is 2. The molecule has 1 aromatic rings. The van der Waals surface area contributed by atoms with Crippen LogP contribution in [0.15, 0.2) is 23.8 Å². The van der Waals surface area contributed by atoms with Crippen LogP contribution >= 0.6 is 0 Å². The summed E-state index contributed by atoms with van der Waals surface area (Å²) in [5, 5.41) is 23.6. The maximum Gasteiger partial charge on any atom is 0.247 e. The van der Waals surface area contributed by atoms with Crippen molar-refractivity contribution >= 4 is 18.1 Å². The lowest BCUT2D eigenvalue weighted by molar-refractivity contribution is -0.139. The normalized spacial score (nSPS) is 25.9. The van der Waals surface area contributed by atoms with Gasteiger partial charge in [0.2, 0.25) is 11.8 Å². The number of nitrogens with one attached hydrogen (secondary N) is 1. The first-order valence-electron chi connectivity index (χ1n) is 13.0. The van der Waals surface area contributed by atoms with Crippen molar-refractivity contribution in [2.75, 3.05) is 33.4 Å². The molecular weight excluding hydrogens is 480 g/mol. The Balaban J connectivity index is 1.77. The lowest BCUT2D eigenvalue weighted by atomic mass is 9.77. The van der Waals surface area contributed by atoms with Crippen molar-refractivity contribution in [1.29, 1.82) is 0 Å². The van der Waals surface area contributed by atoms with Crippen LogP contribution in [0.3, 0.4) is 0 Å². The van der Waals surface area contributed by atoms with Gasteiger partial charge in [0.25, 0.3) is 0 Å². The fraction of sp³-hybridized carbons (Fsp3) is 0.593. The standard InChI is InChI=1S/C27H36N2O8/c1-3-4-7-22(32)29(14-17-6-5-10-36-17)20-13-19(27(34)28-8-9-30)23-18-11-16(15-31)12-21(35-2)25(18)37-26(23)24(20)33/h11-13,15,17,20,23-24,26,30,33H,3-10,14H2,1-2H3,(H,28,34). The smallest absolute Gasteiger partial charge is 0.247 e. The molecule has 0 bridgehead atoms. The van der Waals surface area contributed by atoms with Crippen molar-refractivity contribution in [2.24, 2.45) is 0 Å². The molecule has 5 atom stereocenters. The molecule has 2 amide bonds. The number of benzene rings is 1. The van der Waals surface area contributed by atoms with Crippen molar-refractivity contribution in [1.82, 2.24) is 10.2 Å². The summed E-state index contributed by atoms with van der Waals surface area (Å²) in [5.74, 6) is -0.577. The minimum absolute atomic E-state index is 0.0429. The van der Waals surface area contributed by atoms with Crippen LogP contribution in [-0.4, -0.2) is 91.0 Å². The molecule has 1 saturated heterocycles. The number of aliphatic hydroxyl groups is 2. The topological polar surface area (TPSA) is 135 Å². The summed E-state index contributed by atoms with van der Waals surface area (Å²) >= 11 is 0. The van der Waals surface area contributed by atoms with Crippen LogP contribution in [0.1, 0.15) is 60.9 Å². The highest BCUT2D eigenvalue weighted by Crippen LogP contribution is 2.51. The van der Waals surface area contributed by atoms with Crippen molar-refractivity contribution < 1.29 is 38.8 Å². The molecule has 3 N–H and O–H groups in total. The molecule has 10 heteroatoms. The van der Waals surface area contributed by atoms with Crippen molar-refractivity contribution in [2.45, 2.75) is 69.3 Å². The average molecular weight is 517 g/mol. The van der Waals surface area contributed by atoms with E-state index in [1.165, 1.54) is 7.11 Å². The van der Waals surface area contributed by atoms with Gasteiger partial charge in [0, 0.05) is 42.8 Å². The van der Waals surface area contributed by atoms with E-state index in [9.17, 15) is 24.6 Å². The fourth-order valence-corrected chi connectivity index (χ4v) is 5.43. The number of carbonyl (C=O) groups is 3. The fourth-order valence-electron chi connectivity index (χ4n) is 5.43. The Kier molecular flexibility index (Phi) is 8.83. The van der Waals surface area contributed by atoms with Crippen LogP contribution in [-0.2, 0) is 14.3 Å². The molecule has 3 aliphatic rings. The number of aliphatic hydroxyl groups excluding tert-OH is 2. The van der Waals surface area contributed by atoms with Gasteiger partial charge in [-0.2, -0.15) is 0 Å². The second-order valence-corrected chi connectivity index (χ2v) is 9.69. The van der Waals surface area contributed by atoms with E-state index in [1.54, 1.807) is 23.1 Å². The van der Waals surface area contributed by atoms with Crippen LogP contribution in [0.25, 0.3) is 0 Å². The van der Waals surface area contributed by atoms with E-state index in [2.05, 4.69) is 5.32 Å². The minimum atomic E-state index is -1.15. The van der Waals surface area contributed by atoms with Crippen LogP contribution in [0.5, 0.6) is 11.5 Å². The summed E-state index contributed by atoms with van der Waals surface area (Å²) in [6.45, 7) is 2.74. The molecule has 37 heavy (non-hydrogen) atoms. The Labute approximate surface area is 216 Å². The first kappa shape index (κ1) is 27.1. The second-order valence-electron chi connectivity index (χ2n) is 9.69. The Morgan fingerprint density at radius 2 is 2.14 bits per heavy atom. The Morgan fingerprint density at radius 3 is 2.78 bits per heavy atom. The third-order valence-corrected chi connectivity index (χ3v) is 7.26. The summed E-state index contributed by atoms with van der Waals surface area (Å²) in [6.07, 6.45) is 3.72. The summed E-state index contributed by atoms with van der Waals surface area (Å²) < 4.78 is 17.5. The van der Waals surface area contributed by atoms with Crippen molar-refractivity contribution in [3.63, 3.8) is 0 Å². The molecule has 0 aromatic heterocycles. The van der Waals surface area contributed by atoms with Crippen LogP contribution < -0.4 is 14.8 Å². The number of fused-ring (bicyclic) bond motifs is 3. The molecule has 0 radical (unpaired) electrons. The van der Waals surface area contributed by atoms with Crippen LogP contribution in [0, 0.1) is 0 Å². The third-order valence-electron chi connectivity index (χ3n) is 7.26. The predicted molar refractivity (Wildman–Crippen MR) is 134 cm³/mol. The van der Waals surface area contributed by atoms with Crippen LogP contribution in [0.4, 0.5) is 0 Å². The number of ether oxygens (including phenoxy) is 3. The Bertz CT molecular complexity index is 1040. The van der Waals surface area contributed by atoms with Crippen molar-refractivity contribution in [3.8, 4) is 11.5 Å². The molecule has 0 saturated carbocycles. The lowest BCUT2D eigenvalue weighted by Gasteiger charge is -2.41. The molecule has 10 nitrogen and oxygen atoms in total. The molecule has 1 aliphatic carbocycles. The third kappa shape index (κ3) is 5.51. The van der Waals surface area contributed by atoms with Gasteiger partial charge >= 0.3 is 0 Å². The summed E-state index contributed by atoms with van der Waals surface area (Å²) in [7, 11) is 1.45. The quantitative estimate of drug-likeness (QED) is 0.375. The van der Waals surface area contributed by atoms with E-state index in [0.717, 1.165) is 19.3 Å². The van der Waals surface area contributed by atoms with Gasteiger partial charge in [-0.15, -0.1) is 0 Å². The highest BCUT2D eigenvalue weighted by Gasteiger charge is 2.51. The lowest BCUT2D eigenvalue weighted by Crippen LogP contribution is -2.57. The first-order valence-corrected chi connectivity index (χ1v) is 13.0. The number of rotatable bonds is 11. The first-order chi connectivity index (χ1) is 17.9. The number of hydrogen-bond acceptors (Lipinski definition) is 8. The van der Waals surface area contributed by atoms with Gasteiger partial charge in [-0.25, -0.2) is 0 Å². The zero-order chi connectivity index (χ0) is 26.5. The number of unbranched alkanes of at least 4 members (excludes halogenated alkanes) is 1. The predicted octanol–water partition coefficient (Wildman–Crippen LogP) is 1.33. The SMILES string of the molecule is CCCCC(=O)N(CC1CCCO1)C1C=C(C(=O)NCCO)C2c3cc(C=O)cc(OC)c3OC2C1O. The van der Waals surface area contributed by atoms with E-state index in [1.807, 2.05) is 6.92 Å². The molecule has 4 rings (SSSR count). The molecule has 1 fully saturated rings. The van der Waals surface area contributed by atoms with Gasteiger partial charge in [0.15, 0.2) is 11.5 Å². The molecule has 0 spiro atoms. The van der Waals surface area contributed by atoms with Gasteiger partial charge < -0.3 is 34.6 Å². The maximum absolute atomic E-state index is 13.4. The summed E-state index contributed by atoms with van der Waals surface area (Å²) in [5.41, 5.74) is 1.21. The molecule has 1 aromatic carbocycles. The maximum atomic E-state index is 13.4. The van der Waals surface area contributed by atoms with Gasteiger partial charge in [0.1, 0.15) is 18.5 Å². The van der Waals surface area contributed by atoms with E-state index in [-0.39, 0.29) is 25.2 Å². The monoisotopic (exact) mass is 516 g/mol. The number of aldehydes is 1. The van der Waals surface area contributed by atoms with Gasteiger partial charge in [-0.3, -0.25) is 14.4 Å². The molecule has 2 heterocycles. The van der Waals surface area contributed by atoms with E-state index >= 15 is 0 Å². The zero-order valence-electron chi connectivity index (χ0n) is 21.4. The number of hydrogen-bond donors (Lipinski definition) is 3. The minimum Gasteiger partial charge on any atom is -0.493 e. The van der Waals surface area contributed by atoms with Crippen molar-refractivity contribution in [3.05, 3.63) is 34.9 Å². The largest absolute Gasteiger partial charge is 0.493 e. The van der Waals surface area contributed by atoms with Gasteiger partial charge in [0.05, 0.1) is 31.8 Å². The molecule has 5 unspecified atom stereocenters. The summed E-state index contributed by atoms with van der Waals surface area (Å²) in [4.78, 5) is 39.9. The van der Waals surface area contributed by atoms with Crippen LogP contribution in [0.2, 0.25) is 0 Å². The molecular formula is C27H36N2O8. The number of methoxy groups -OCH3 is 1. The Morgan fingerprint density at radius 1 is 1.32 bits per heavy atom. The Hall–Kier alpha value is -2.95. The summed E-state index contributed by atoms with van der Waals surface area (Å²) in [6, 6.07) is 2.35. The number of nitrogens with zero attached hydrogens (tertiary/aromatic N) is 1. The number of carbonyl (C=O) groups excluding carboxylic acids is 3. The zero-order valence-corrected chi connectivity index (χ0v) is 21.4. The molecule has 202 valence electrons. The second kappa shape index (κ2) is 12.1. The highest BCUT2D eigenvalue weighted by atomic mass is 16.5.